The highest BCUT2D eigenvalue weighted by Gasteiger charge is 2.25. The maximum absolute atomic E-state index is 5.97. The minimum Gasteiger partial charge on any atom is -0.381 e. The highest BCUT2D eigenvalue weighted by Crippen LogP contribution is 2.29. The van der Waals surface area contributed by atoms with E-state index in [0.717, 1.165) is 70.6 Å². The largest absolute Gasteiger partial charge is 0.381 e. The Morgan fingerprint density at radius 3 is 2.71 bits per heavy atom. The molecule has 2 N–H and O–H groups in total. The van der Waals surface area contributed by atoms with Crippen LogP contribution < -0.4 is 10.6 Å². The van der Waals surface area contributed by atoms with Gasteiger partial charge < -0.3 is 20.1 Å². The third-order valence-corrected chi connectivity index (χ3v) is 7.01. The lowest BCUT2D eigenvalue weighted by atomic mass is 9.97. The number of nitrogens with zero attached hydrogens (tertiary/aromatic N) is 2. The normalized spacial score (nSPS) is 20.3. The Kier molecular flexibility index (Phi) is 13.3. The smallest absolute Gasteiger partial charge is 0.191 e. The van der Waals surface area contributed by atoms with Crippen molar-refractivity contribution in [2.75, 3.05) is 52.5 Å². The first-order valence-electron chi connectivity index (χ1n) is 11.7. The highest BCUT2D eigenvalue weighted by molar-refractivity contribution is 14.0. The van der Waals surface area contributed by atoms with Crippen molar-refractivity contribution < 1.29 is 9.47 Å². The average molecular weight is 565 g/mol. The van der Waals surface area contributed by atoms with E-state index in [1.165, 1.54) is 30.8 Å². The zero-order chi connectivity index (χ0) is 21.0. The molecule has 0 aliphatic carbocycles. The number of likely N-dealkylation sites (tertiary alicyclic amines) is 1. The number of rotatable bonds is 10. The summed E-state index contributed by atoms with van der Waals surface area (Å²) in [5.41, 5.74) is 0. The Morgan fingerprint density at radius 2 is 2.03 bits per heavy atom. The van der Waals surface area contributed by atoms with Gasteiger partial charge in [0.1, 0.15) is 0 Å². The summed E-state index contributed by atoms with van der Waals surface area (Å²) in [5.74, 6) is 1.76. The molecule has 1 atom stereocenters. The summed E-state index contributed by atoms with van der Waals surface area (Å²) in [4.78, 5) is 9.00. The van der Waals surface area contributed by atoms with E-state index in [1.807, 2.05) is 11.3 Å². The van der Waals surface area contributed by atoms with Gasteiger partial charge in [0.15, 0.2) is 5.96 Å². The zero-order valence-electron chi connectivity index (χ0n) is 19.2. The maximum Gasteiger partial charge on any atom is 0.191 e. The molecule has 6 nitrogen and oxygen atoms in total. The Labute approximate surface area is 209 Å². The predicted octanol–water partition coefficient (Wildman–Crippen LogP) is 4.28. The summed E-state index contributed by atoms with van der Waals surface area (Å²) >= 11 is 1.85. The molecule has 31 heavy (non-hydrogen) atoms. The fourth-order valence-corrected chi connectivity index (χ4v) is 4.95. The average Bonchev–Trinajstić information content (AvgIpc) is 3.30. The maximum atomic E-state index is 5.97. The molecule has 0 saturated carbocycles. The van der Waals surface area contributed by atoms with Crippen LogP contribution >= 0.6 is 35.3 Å². The molecule has 1 unspecified atom stereocenters. The number of thiophene rings is 1. The van der Waals surface area contributed by atoms with Crippen molar-refractivity contribution in [2.24, 2.45) is 10.9 Å². The van der Waals surface area contributed by atoms with Crippen molar-refractivity contribution in [2.45, 2.75) is 58.1 Å². The van der Waals surface area contributed by atoms with Gasteiger partial charge in [-0.1, -0.05) is 13.0 Å². The van der Waals surface area contributed by atoms with E-state index in [-0.39, 0.29) is 24.0 Å². The zero-order valence-corrected chi connectivity index (χ0v) is 22.3. The van der Waals surface area contributed by atoms with Crippen molar-refractivity contribution in [3.8, 4) is 0 Å². The van der Waals surface area contributed by atoms with Gasteiger partial charge in [-0.15, -0.1) is 35.3 Å². The van der Waals surface area contributed by atoms with Crippen LogP contribution in [-0.2, 0) is 9.47 Å². The Balaban J connectivity index is 0.00000341. The monoisotopic (exact) mass is 564 g/mol. The van der Waals surface area contributed by atoms with E-state index in [1.54, 1.807) is 0 Å². The molecule has 0 aromatic carbocycles. The summed E-state index contributed by atoms with van der Waals surface area (Å²) in [6.07, 6.45) is 5.99. The second-order valence-electron chi connectivity index (χ2n) is 8.43. The van der Waals surface area contributed by atoms with Gasteiger partial charge in [0.05, 0.1) is 18.7 Å². The molecule has 1 aromatic rings. The Morgan fingerprint density at radius 1 is 1.26 bits per heavy atom. The molecule has 8 heteroatoms. The van der Waals surface area contributed by atoms with Gasteiger partial charge in [-0.2, -0.15) is 0 Å². The topological polar surface area (TPSA) is 58.1 Å². The van der Waals surface area contributed by atoms with E-state index >= 15 is 0 Å². The van der Waals surface area contributed by atoms with Crippen LogP contribution in [0, 0.1) is 5.92 Å². The van der Waals surface area contributed by atoms with Crippen LogP contribution in [0.3, 0.4) is 0 Å². The molecule has 1 aromatic heterocycles. The molecule has 3 heterocycles. The van der Waals surface area contributed by atoms with E-state index < -0.39 is 0 Å². The molecular formula is C23H41IN4O2S. The van der Waals surface area contributed by atoms with Gasteiger partial charge in [-0.05, 0) is 69.5 Å². The SMILES string of the molecule is CCNC(=NCC(c1cccs1)N1CCC(C)CC1)NCCCOC1CCOCC1.I. The summed E-state index contributed by atoms with van der Waals surface area (Å²) < 4.78 is 11.4. The first-order chi connectivity index (χ1) is 14.8. The van der Waals surface area contributed by atoms with Crippen molar-refractivity contribution in [3.63, 3.8) is 0 Å². The molecule has 0 bridgehead atoms. The molecule has 2 aliphatic rings. The molecule has 0 spiro atoms. The van der Waals surface area contributed by atoms with Gasteiger partial charge in [0, 0.05) is 37.8 Å². The summed E-state index contributed by atoms with van der Waals surface area (Å²) in [6, 6.07) is 4.80. The molecule has 2 fully saturated rings. The number of nitrogens with one attached hydrogen (secondary N) is 2. The van der Waals surface area contributed by atoms with Crippen LogP contribution in [0.2, 0.25) is 0 Å². The quantitative estimate of drug-likeness (QED) is 0.192. The van der Waals surface area contributed by atoms with Crippen molar-refractivity contribution >= 4 is 41.3 Å². The summed E-state index contributed by atoms with van der Waals surface area (Å²) in [7, 11) is 0. The number of aliphatic imine (C=N–C) groups is 1. The minimum absolute atomic E-state index is 0. The molecule has 0 radical (unpaired) electrons. The Hall–Kier alpha value is -0.420. The third-order valence-electron chi connectivity index (χ3n) is 6.03. The van der Waals surface area contributed by atoms with Gasteiger partial charge in [-0.25, -0.2) is 0 Å². The molecule has 0 amide bonds. The summed E-state index contributed by atoms with van der Waals surface area (Å²) in [6.45, 7) is 11.8. The lowest BCUT2D eigenvalue weighted by Crippen LogP contribution is -2.40. The van der Waals surface area contributed by atoms with E-state index in [2.05, 4.69) is 46.9 Å². The van der Waals surface area contributed by atoms with Gasteiger partial charge in [0.25, 0.3) is 0 Å². The fourth-order valence-electron chi connectivity index (χ4n) is 4.10. The number of guanidine groups is 1. The number of hydrogen-bond acceptors (Lipinski definition) is 5. The van der Waals surface area contributed by atoms with Crippen LogP contribution in [-0.4, -0.2) is 69.5 Å². The standard InChI is InChI=1S/C23H40N4O2S.HI/c1-3-24-23(25-11-5-14-29-20-9-15-28-16-10-20)26-18-21(22-6-4-17-30-22)27-12-7-19(2)8-13-27;/h4,6,17,19-21H,3,5,7-16,18H2,1-2H3,(H2,24,25,26);1H. The highest BCUT2D eigenvalue weighted by atomic mass is 127. The minimum atomic E-state index is 0. The summed E-state index contributed by atoms with van der Waals surface area (Å²) in [5, 5.41) is 9.07. The van der Waals surface area contributed by atoms with Crippen molar-refractivity contribution in [1.82, 2.24) is 15.5 Å². The first kappa shape index (κ1) is 26.8. The third kappa shape index (κ3) is 9.53. The number of hydrogen-bond donors (Lipinski definition) is 2. The Bertz CT molecular complexity index is 603. The van der Waals surface area contributed by atoms with E-state index in [9.17, 15) is 0 Å². The van der Waals surface area contributed by atoms with E-state index in [4.69, 9.17) is 14.5 Å². The van der Waals surface area contributed by atoms with Crippen LogP contribution in [0.15, 0.2) is 22.5 Å². The van der Waals surface area contributed by atoms with Crippen LogP contribution in [0.1, 0.15) is 56.9 Å². The van der Waals surface area contributed by atoms with Crippen molar-refractivity contribution in [3.05, 3.63) is 22.4 Å². The van der Waals surface area contributed by atoms with Gasteiger partial charge in [-0.3, -0.25) is 9.89 Å². The molecule has 2 aliphatic heterocycles. The van der Waals surface area contributed by atoms with Crippen LogP contribution in [0.25, 0.3) is 0 Å². The second kappa shape index (κ2) is 15.4. The number of ether oxygens (including phenoxy) is 2. The molecule has 3 rings (SSSR count). The van der Waals surface area contributed by atoms with E-state index in [0.29, 0.717) is 12.1 Å². The van der Waals surface area contributed by atoms with Gasteiger partial charge >= 0.3 is 0 Å². The first-order valence-corrected chi connectivity index (χ1v) is 12.6. The lowest BCUT2D eigenvalue weighted by Gasteiger charge is -2.35. The number of halogens is 1. The fraction of sp³-hybridized carbons (Fsp3) is 0.783. The van der Waals surface area contributed by atoms with Crippen LogP contribution in [0.5, 0.6) is 0 Å². The molecule has 178 valence electrons. The molecule has 2 saturated heterocycles. The molecular weight excluding hydrogens is 523 g/mol. The predicted molar refractivity (Wildman–Crippen MR) is 141 cm³/mol. The second-order valence-corrected chi connectivity index (χ2v) is 9.41. The van der Waals surface area contributed by atoms with Crippen LogP contribution in [0.4, 0.5) is 0 Å². The number of piperidine rings is 1. The van der Waals surface area contributed by atoms with Gasteiger partial charge in [0.2, 0.25) is 0 Å². The lowest BCUT2D eigenvalue weighted by molar-refractivity contribution is -0.0320. The van der Waals surface area contributed by atoms with Crippen molar-refractivity contribution in [1.29, 1.82) is 0 Å².